The molecule has 1 heterocycles. The van der Waals surface area contributed by atoms with Crippen LogP contribution in [0.25, 0.3) is 0 Å². The topological polar surface area (TPSA) is 40.7 Å². The molecule has 0 atom stereocenters. The van der Waals surface area contributed by atoms with Crippen molar-refractivity contribution in [3.05, 3.63) is 16.1 Å². The predicted molar refractivity (Wildman–Crippen MR) is 50.6 cm³/mol. The summed E-state index contributed by atoms with van der Waals surface area (Å²) in [5.41, 5.74) is 1.08. The van der Waals surface area contributed by atoms with Crippen LogP contribution in [0.4, 0.5) is 5.13 Å². The van der Waals surface area contributed by atoms with Crippen LogP contribution in [0.2, 0.25) is 0 Å². The molecule has 0 amide bonds. The highest BCUT2D eigenvalue weighted by Gasteiger charge is 1.94. The van der Waals surface area contributed by atoms with Gasteiger partial charge in [0.1, 0.15) is 0 Å². The lowest BCUT2D eigenvalue weighted by Crippen LogP contribution is -2.00. The standard InChI is InChI=1S/C6H9N3S2/c1-4(2)3-7-5-8-9-6(10)11-5/h1,3H2,2H3,(H,7,8)(H,9,10). The molecule has 0 saturated heterocycles. The van der Waals surface area contributed by atoms with Crippen molar-refractivity contribution in [3.8, 4) is 0 Å². The van der Waals surface area contributed by atoms with Crippen LogP contribution in [0.3, 0.4) is 0 Å². The fourth-order valence-corrected chi connectivity index (χ4v) is 1.32. The monoisotopic (exact) mass is 187 g/mol. The maximum atomic E-state index is 4.85. The van der Waals surface area contributed by atoms with Crippen molar-refractivity contribution in [2.45, 2.75) is 6.92 Å². The summed E-state index contributed by atoms with van der Waals surface area (Å²) in [6, 6.07) is 0. The highest BCUT2D eigenvalue weighted by atomic mass is 32.1. The van der Waals surface area contributed by atoms with Gasteiger partial charge in [0.05, 0.1) is 0 Å². The van der Waals surface area contributed by atoms with Crippen LogP contribution in [0.15, 0.2) is 12.2 Å². The minimum Gasteiger partial charge on any atom is -0.356 e. The van der Waals surface area contributed by atoms with Gasteiger partial charge in [-0.1, -0.05) is 23.5 Å². The smallest absolute Gasteiger partial charge is 0.204 e. The van der Waals surface area contributed by atoms with Crippen molar-refractivity contribution in [1.82, 2.24) is 10.2 Å². The molecule has 0 aliphatic heterocycles. The maximum Gasteiger partial charge on any atom is 0.204 e. The number of nitrogens with zero attached hydrogens (tertiary/aromatic N) is 1. The van der Waals surface area contributed by atoms with Gasteiger partial charge in [-0.2, -0.15) is 0 Å². The van der Waals surface area contributed by atoms with E-state index in [1.165, 1.54) is 11.3 Å². The highest BCUT2D eigenvalue weighted by molar-refractivity contribution is 7.73. The Bertz CT molecular complexity index is 299. The number of aromatic amines is 1. The summed E-state index contributed by atoms with van der Waals surface area (Å²) in [4.78, 5) is 0. The molecule has 11 heavy (non-hydrogen) atoms. The molecule has 1 rings (SSSR count). The normalized spacial score (nSPS) is 9.55. The summed E-state index contributed by atoms with van der Waals surface area (Å²) < 4.78 is 0.689. The van der Waals surface area contributed by atoms with Gasteiger partial charge in [0, 0.05) is 6.54 Å². The Labute approximate surface area is 74.2 Å². The Morgan fingerprint density at radius 2 is 2.64 bits per heavy atom. The molecule has 0 radical (unpaired) electrons. The first-order chi connectivity index (χ1) is 5.18. The zero-order chi connectivity index (χ0) is 8.27. The first kappa shape index (κ1) is 8.42. The first-order valence-electron chi connectivity index (χ1n) is 3.12. The lowest BCUT2D eigenvalue weighted by molar-refractivity contribution is 1.06. The number of hydrogen-bond donors (Lipinski definition) is 2. The largest absolute Gasteiger partial charge is 0.356 e. The number of rotatable bonds is 3. The SMILES string of the molecule is C=C(C)CNc1n[nH]c(=S)s1. The molecule has 1 aromatic rings. The third-order valence-electron chi connectivity index (χ3n) is 0.979. The van der Waals surface area contributed by atoms with E-state index in [0.717, 1.165) is 17.2 Å². The molecule has 0 unspecified atom stereocenters. The van der Waals surface area contributed by atoms with Crippen LogP contribution in [0.1, 0.15) is 6.92 Å². The number of aromatic nitrogens is 2. The van der Waals surface area contributed by atoms with Crippen LogP contribution in [-0.4, -0.2) is 16.7 Å². The van der Waals surface area contributed by atoms with Crippen molar-refractivity contribution < 1.29 is 0 Å². The Balaban J connectivity index is 2.51. The fourth-order valence-electron chi connectivity index (χ4n) is 0.532. The Hall–Kier alpha value is -0.680. The quantitative estimate of drug-likeness (QED) is 0.563. The van der Waals surface area contributed by atoms with E-state index in [0.29, 0.717) is 3.95 Å². The summed E-state index contributed by atoms with van der Waals surface area (Å²) in [7, 11) is 0. The zero-order valence-corrected chi connectivity index (χ0v) is 7.81. The maximum absolute atomic E-state index is 4.85. The average molecular weight is 187 g/mol. The molecular weight excluding hydrogens is 178 g/mol. The van der Waals surface area contributed by atoms with Crippen molar-refractivity contribution in [1.29, 1.82) is 0 Å². The second-order valence-corrected chi connectivity index (χ2v) is 3.89. The predicted octanol–water partition coefficient (Wildman–Crippen LogP) is 2.19. The fraction of sp³-hybridized carbons (Fsp3) is 0.333. The third kappa shape index (κ3) is 2.81. The van der Waals surface area contributed by atoms with E-state index in [-0.39, 0.29) is 0 Å². The van der Waals surface area contributed by atoms with Gasteiger partial charge in [0.2, 0.25) is 5.13 Å². The number of hydrogen-bond acceptors (Lipinski definition) is 4. The van der Waals surface area contributed by atoms with Gasteiger partial charge in [0.25, 0.3) is 0 Å². The van der Waals surface area contributed by atoms with E-state index in [9.17, 15) is 0 Å². The molecule has 0 saturated carbocycles. The molecule has 0 fully saturated rings. The van der Waals surface area contributed by atoms with Crippen LogP contribution in [-0.2, 0) is 0 Å². The molecule has 0 bridgehead atoms. The average Bonchev–Trinajstić information content (AvgIpc) is 2.31. The summed E-state index contributed by atoms with van der Waals surface area (Å²) in [5, 5.41) is 10.5. The van der Waals surface area contributed by atoms with E-state index >= 15 is 0 Å². The van der Waals surface area contributed by atoms with E-state index in [2.05, 4.69) is 22.1 Å². The van der Waals surface area contributed by atoms with E-state index in [1.54, 1.807) is 0 Å². The Kier molecular flexibility index (Phi) is 2.78. The van der Waals surface area contributed by atoms with Crippen molar-refractivity contribution in [2.24, 2.45) is 0 Å². The summed E-state index contributed by atoms with van der Waals surface area (Å²) in [5.74, 6) is 0. The van der Waals surface area contributed by atoms with Crippen molar-refractivity contribution in [3.63, 3.8) is 0 Å². The molecule has 3 nitrogen and oxygen atoms in total. The molecular formula is C6H9N3S2. The number of H-pyrrole nitrogens is 1. The highest BCUT2D eigenvalue weighted by Crippen LogP contribution is 2.10. The molecule has 0 aromatic carbocycles. The van der Waals surface area contributed by atoms with Gasteiger partial charge in [-0.15, -0.1) is 5.10 Å². The van der Waals surface area contributed by atoms with Gasteiger partial charge < -0.3 is 5.32 Å². The van der Waals surface area contributed by atoms with Crippen LogP contribution >= 0.6 is 23.6 Å². The lowest BCUT2D eigenvalue weighted by Gasteiger charge is -1.98. The van der Waals surface area contributed by atoms with Crippen LogP contribution in [0.5, 0.6) is 0 Å². The molecule has 60 valence electrons. The molecule has 2 N–H and O–H groups in total. The van der Waals surface area contributed by atoms with E-state index < -0.39 is 0 Å². The third-order valence-corrected chi connectivity index (χ3v) is 2.03. The number of anilines is 1. The van der Waals surface area contributed by atoms with E-state index in [1.807, 2.05) is 6.92 Å². The second kappa shape index (κ2) is 3.64. The van der Waals surface area contributed by atoms with Gasteiger partial charge in [-0.05, 0) is 19.1 Å². The molecule has 0 spiro atoms. The first-order valence-corrected chi connectivity index (χ1v) is 4.34. The second-order valence-electron chi connectivity index (χ2n) is 2.23. The Morgan fingerprint density at radius 1 is 1.91 bits per heavy atom. The minimum absolute atomic E-state index is 0.689. The van der Waals surface area contributed by atoms with Crippen molar-refractivity contribution >= 4 is 28.7 Å². The lowest BCUT2D eigenvalue weighted by atomic mass is 10.4. The van der Waals surface area contributed by atoms with Gasteiger partial charge in [-0.25, -0.2) is 0 Å². The molecule has 1 aromatic heterocycles. The summed E-state index contributed by atoms with van der Waals surface area (Å²) in [6.45, 7) is 6.46. The van der Waals surface area contributed by atoms with Gasteiger partial charge >= 0.3 is 0 Å². The molecule has 0 aliphatic rings. The minimum atomic E-state index is 0.689. The molecule has 0 aliphatic carbocycles. The number of nitrogens with one attached hydrogen (secondary N) is 2. The Morgan fingerprint density at radius 3 is 3.09 bits per heavy atom. The van der Waals surface area contributed by atoms with Crippen LogP contribution in [0, 0.1) is 3.95 Å². The summed E-state index contributed by atoms with van der Waals surface area (Å²) in [6.07, 6.45) is 0. The summed E-state index contributed by atoms with van der Waals surface area (Å²) >= 11 is 6.28. The van der Waals surface area contributed by atoms with Crippen molar-refractivity contribution in [2.75, 3.05) is 11.9 Å². The molecule has 5 heteroatoms. The van der Waals surface area contributed by atoms with Crippen LogP contribution < -0.4 is 5.32 Å². The zero-order valence-electron chi connectivity index (χ0n) is 6.18. The van der Waals surface area contributed by atoms with Gasteiger partial charge in [0.15, 0.2) is 3.95 Å². The van der Waals surface area contributed by atoms with Gasteiger partial charge in [-0.3, -0.25) is 5.10 Å². The van der Waals surface area contributed by atoms with E-state index in [4.69, 9.17) is 12.2 Å².